The van der Waals surface area contributed by atoms with Crippen LogP contribution in [-0.4, -0.2) is 18.1 Å². The van der Waals surface area contributed by atoms with Gasteiger partial charge < -0.3 is 9.47 Å². The Hall–Kier alpha value is -3.43. The molecule has 0 aliphatic rings. The second-order valence-corrected chi connectivity index (χ2v) is 7.80. The maximum Gasteiger partial charge on any atom is 0.349 e. The van der Waals surface area contributed by atoms with E-state index >= 15 is 0 Å². The first-order valence-corrected chi connectivity index (χ1v) is 10.4. The smallest absolute Gasteiger partial charge is 0.349 e. The Kier molecular flexibility index (Phi) is 6.99. The average molecular weight is 419 g/mol. The molecule has 152 valence electrons. The normalized spacial score (nSPS) is 11.2. The van der Waals surface area contributed by atoms with Gasteiger partial charge in [-0.05, 0) is 35.3 Å². The van der Waals surface area contributed by atoms with Gasteiger partial charge in [-0.1, -0.05) is 50.2 Å². The van der Waals surface area contributed by atoms with Gasteiger partial charge in [-0.25, -0.2) is 9.78 Å². The summed E-state index contributed by atoms with van der Waals surface area (Å²) in [7, 11) is 1.58. The van der Waals surface area contributed by atoms with Gasteiger partial charge in [0.2, 0.25) is 0 Å². The summed E-state index contributed by atoms with van der Waals surface area (Å²) in [5, 5.41) is 12.0. The number of thiazole rings is 1. The number of nitrogens with zero attached hydrogens (tertiary/aromatic N) is 2. The number of nitriles is 1. The van der Waals surface area contributed by atoms with E-state index in [2.05, 4.69) is 43.1 Å². The molecule has 0 N–H and O–H groups in total. The number of benzene rings is 2. The zero-order valence-corrected chi connectivity index (χ0v) is 17.9. The number of aromatic nitrogens is 1. The van der Waals surface area contributed by atoms with Crippen molar-refractivity contribution in [1.29, 1.82) is 5.26 Å². The van der Waals surface area contributed by atoms with Gasteiger partial charge in [-0.2, -0.15) is 5.26 Å². The van der Waals surface area contributed by atoms with Gasteiger partial charge in [-0.3, -0.25) is 0 Å². The fourth-order valence-electron chi connectivity index (χ4n) is 2.74. The monoisotopic (exact) mass is 418 g/mol. The van der Waals surface area contributed by atoms with Crippen LogP contribution < -0.4 is 4.74 Å². The second kappa shape index (κ2) is 9.86. The molecule has 0 spiro atoms. The van der Waals surface area contributed by atoms with Crippen LogP contribution >= 0.6 is 11.3 Å². The molecule has 5 nitrogen and oxygen atoms in total. The van der Waals surface area contributed by atoms with Crippen molar-refractivity contribution in [3.05, 3.63) is 76.3 Å². The number of hydrogen-bond donors (Lipinski definition) is 0. The van der Waals surface area contributed by atoms with Gasteiger partial charge in [0.1, 0.15) is 29.0 Å². The van der Waals surface area contributed by atoms with E-state index in [1.807, 2.05) is 11.4 Å². The Labute approximate surface area is 180 Å². The lowest BCUT2D eigenvalue weighted by Gasteiger charge is -2.05. The first-order valence-electron chi connectivity index (χ1n) is 9.48. The van der Waals surface area contributed by atoms with E-state index in [0.29, 0.717) is 22.9 Å². The lowest BCUT2D eigenvalue weighted by molar-refractivity contribution is -0.139. The molecule has 0 aliphatic heterocycles. The van der Waals surface area contributed by atoms with Crippen LogP contribution in [0.2, 0.25) is 0 Å². The summed E-state index contributed by atoms with van der Waals surface area (Å²) in [6, 6.07) is 17.3. The van der Waals surface area contributed by atoms with Crippen LogP contribution in [0, 0.1) is 11.3 Å². The minimum atomic E-state index is -0.677. The maximum atomic E-state index is 12.3. The molecule has 0 saturated carbocycles. The van der Waals surface area contributed by atoms with Crippen LogP contribution in [0.4, 0.5) is 0 Å². The highest BCUT2D eigenvalue weighted by Crippen LogP contribution is 2.26. The molecule has 1 aromatic heterocycles. The quantitative estimate of drug-likeness (QED) is 0.284. The zero-order valence-electron chi connectivity index (χ0n) is 17.1. The first-order chi connectivity index (χ1) is 14.5. The number of ether oxygens (including phenoxy) is 2. The van der Waals surface area contributed by atoms with Crippen molar-refractivity contribution in [2.45, 2.75) is 26.4 Å². The highest BCUT2D eigenvalue weighted by Gasteiger charge is 2.13. The minimum Gasteiger partial charge on any atom is -0.497 e. The van der Waals surface area contributed by atoms with Crippen LogP contribution in [-0.2, 0) is 16.1 Å². The van der Waals surface area contributed by atoms with Crippen LogP contribution in [0.25, 0.3) is 16.6 Å². The van der Waals surface area contributed by atoms with E-state index in [0.717, 1.165) is 10.6 Å². The Morgan fingerprint density at radius 1 is 1.17 bits per heavy atom. The summed E-state index contributed by atoms with van der Waals surface area (Å²) in [6.45, 7) is 4.33. The van der Waals surface area contributed by atoms with Crippen molar-refractivity contribution >= 4 is 23.4 Å². The fraction of sp³-hybridized carbons (Fsp3) is 0.208. The molecule has 3 rings (SSSR count). The number of rotatable bonds is 7. The van der Waals surface area contributed by atoms with Crippen LogP contribution in [0.1, 0.15) is 36.6 Å². The number of carbonyl (C=O) groups is 1. The molecule has 0 aliphatic carbocycles. The molecule has 1 heterocycles. The summed E-state index contributed by atoms with van der Waals surface area (Å²) >= 11 is 1.49. The van der Waals surface area contributed by atoms with E-state index in [9.17, 15) is 10.1 Å². The molecule has 0 unspecified atom stereocenters. The molecule has 3 aromatic rings. The third kappa shape index (κ3) is 5.34. The first kappa shape index (κ1) is 21.3. The van der Waals surface area contributed by atoms with Crippen molar-refractivity contribution in [1.82, 2.24) is 4.98 Å². The van der Waals surface area contributed by atoms with E-state index in [1.54, 1.807) is 31.4 Å². The zero-order chi connectivity index (χ0) is 21.5. The third-order valence-electron chi connectivity index (χ3n) is 4.49. The molecule has 0 radical (unpaired) electrons. The van der Waals surface area contributed by atoms with Gasteiger partial charge >= 0.3 is 5.97 Å². The van der Waals surface area contributed by atoms with Gasteiger partial charge in [0.05, 0.1) is 12.8 Å². The molecule has 0 fully saturated rings. The van der Waals surface area contributed by atoms with Crippen molar-refractivity contribution in [2.24, 2.45) is 0 Å². The maximum absolute atomic E-state index is 12.3. The molecule has 0 amide bonds. The van der Waals surface area contributed by atoms with Crippen molar-refractivity contribution in [3.8, 4) is 22.4 Å². The predicted molar refractivity (Wildman–Crippen MR) is 118 cm³/mol. The van der Waals surface area contributed by atoms with E-state index in [1.165, 1.54) is 23.0 Å². The fourth-order valence-corrected chi connectivity index (χ4v) is 3.55. The van der Waals surface area contributed by atoms with Crippen molar-refractivity contribution in [3.63, 3.8) is 0 Å². The Morgan fingerprint density at radius 2 is 1.87 bits per heavy atom. The molecular weight excluding hydrogens is 396 g/mol. The molecule has 6 heteroatoms. The van der Waals surface area contributed by atoms with Gasteiger partial charge in [0, 0.05) is 10.9 Å². The Morgan fingerprint density at radius 3 is 2.47 bits per heavy atom. The number of hydrogen-bond acceptors (Lipinski definition) is 6. The Balaban J connectivity index is 1.63. The number of esters is 1. The van der Waals surface area contributed by atoms with E-state index < -0.39 is 5.97 Å². The summed E-state index contributed by atoms with van der Waals surface area (Å²) in [5.41, 5.74) is 3.60. The van der Waals surface area contributed by atoms with E-state index in [4.69, 9.17) is 9.47 Å². The molecule has 0 saturated heterocycles. The minimum absolute atomic E-state index is 0.0149. The topological polar surface area (TPSA) is 72.2 Å². The number of carbonyl (C=O) groups excluding carboxylic acids is 1. The van der Waals surface area contributed by atoms with Gasteiger partial charge in [0.25, 0.3) is 0 Å². The molecule has 0 bridgehead atoms. The largest absolute Gasteiger partial charge is 0.497 e. The summed E-state index contributed by atoms with van der Waals surface area (Å²) < 4.78 is 10.4. The van der Waals surface area contributed by atoms with Crippen molar-refractivity contribution in [2.75, 3.05) is 7.11 Å². The predicted octanol–water partition coefficient (Wildman–Crippen LogP) is 5.59. The second-order valence-electron chi connectivity index (χ2n) is 6.94. The molecule has 30 heavy (non-hydrogen) atoms. The number of methoxy groups -OCH3 is 1. The summed E-state index contributed by atoms with van der Waals surface area (Å²) in [6.07, 6.45) is 1.49. The highest BCUT2D eigenvalue weighted by molar-refractivity contribution is 7.13. The standard InChI is InChI=1S/C24H22N2O3S/c1-16(2)18-6-8-19(9-7-18)23-26-21(15-30-23)14-29-24(27)20(13-25)12-17-4-10-22(28-3)11-5-17/h4-12,15-16H,14H2,1-3H3/b20-12+. The SMILES string of the molecule is COc1ccc(/C=C(\C#N)C(=O)OCc2csc(-c3ccc(C(C)C)cc3)n2)cc1. The third-order valence-corrected chi connectivity index (χ3v) is 5.43. The lowest BCUT2D eigenvalue weighted by atomic mass is 10.0. The molecule has 2 aromatic carbocycles. The molecular formula is C24H22N2O3S. The van der Waals surface area contributed by atoms with Crippen LogP contribution in [0.15, 0.2) is 59.5 Å². The lowest BCUT2D eigenvalue weighted by Crippen LogP contribution is -2.07. The van der Waals surface area contributed by atoms with Gasteiger partial charge in [-0.15, -0.1) is 11.3 Å². The van der Waals surface area contributed by atoms with Gasteiger partial charge in [0.15, 0.2) is 0 Å². The van der Waals surface area contributed by atoms with Crippen LogP contribution in [0.5, 0.6) is 5.75 Å². The van der Waals surface area contributed by atoms with E-state index in [-0.39, 0.29) is 12.2 Å². The highest BCUT2D eigenvalue weighted by atomic mass is 32.1. The molecule has 0 atom stereocenters. The van der Waals surface area contributed by atoms with Crippen molar-refractivity contribution < 1.29 is 14.3 Å². The Bertz CT molecular complexity index is 1070. The van der Waals surface area contributed by atoms with Crippen LogP contribution in [0.3, 0.4) is 0 Å². The summed E-state index contributed by atoms with van der Waals surface area (Å²) in [4.78, 5) is 16.8. The average Bonchev–Trinajstić information content (AvgIpc) is 3.25. The summed E-state index contributed by atoms with van der Waals surface area (Å²) in [5.74, 6) is 0.501.